The number of aliphatic hydroxyl groups is 1. The molecule has 230 valence electrons. The first-order valence-electron chi connectivity index (χ1n) is 13.9. The SMILES string of the molecule is CC(C)(C)OC(=O)N[C@@H](Cc1ccccc1)C(=O)NC[C@@H](CO)NC(=O)[C@H](Cc1ccccc1)NC(=O)OC(C)(C)C. The molecule has 11 heteroatoms. The van der Waals surface area contributed by atoms with Gasteiger partial charge in [-0.15, -0.1) is 0 Å². The molecule has 0 unspecified atom stereocenters. The van der Waals surface area contributed by atoms with Gasteiger partial charge in [-0.05, 0) is 52.7 Å². The fourth-order valence-corrected chi connectivity index (χ4v) is 3.83. The molecule has 0 spiro atoms. The topological polar surface area (TPSA) is 155 Å². The highest BCUT2D eigenvalue weighted by molar-refractivity contribution is 5.87. The summed E-state index contributed by atoms with van der Waals surface area (Å²) in [7, 11) is 0. The van der Waals surface area contributed by atoms with Gasteiger partial charge in [0.25, 0.3) is 0 Å². The van der Waals surface area contributed by atoms with Gasteiger partial charge in [0.1, 0.15) is 23.3 Å². The number of nitrogens with one attached hydrogen (secondary N) is 4. The van der Waals surface area contributed by atoms with E-state index in [1.807, 2.05) is 60.7 Å². The number of hydrogen-bond donors (Lipinski definition) is 5. The smallest absolute Gasteiger partial charge is 0.408 e. The van der Waals surface area contributed by atoms with Gasteiger partial charge in [-0.25, -0.2) is 9.59 Å². The predicted octanol–water partition coefficient (Wildman–Crippen LogP) is 2.85. The number of ether oxygens (including phenoxy) is 2. The average molecular weight is 585 g/mol. The van der Waals surface area contributed by atoms with Gasteiger partial charge >= 0.3 is 12.2 Å². The molecule has 42 heavy (non-hydrogen) atoms. The molecule has 3 atom stereocenters. The van der Waals surface area contributed by atoms with Crippen molar-refractivity contribution in [1.29, 1.82) is 0 Å². The minimum absolute atomic E-state index is 0.132. The number of aliphatic hydroxyl groups excluding tert-OH is 1. The summed E-state index contributed by atoms with van der Waals surface area (Å²) < 4.78 is 10.6. The molecule has 0 radical (unpaired) electrons. The number of alkyl carbamates (subject to hydrolysis) is 2. The number of carbonyl (C=O) groups is 4. The summed E-state index contributed by atoms with van der Waals surface area (Å²) in [5, 5.41) is 20.6. The van der Waals surface area contributed by atoms with Gasteiger partial charge in [0.05, 0.1) is 12.6 Å². The van der Waals surface area contributed by atoms with E-state index in [1.165, 1.54) is 0 Å². The van der Waals surface area contributed by atoms with Gasteiger partial charge in [0, 0.05) is 19.4 Å². The quantitative estimate of drug-likeness (QED) is 0.257. The summed E-state index contributed by atoms with van der Waals surface area (Å²) in [6.07, 6.45) is -1.14. The van der Waals surface area contributed by atoms with Crippen LogP contribution in [0.3, 0.4) is 0 Å². The van der Waals surface area contributed by atoms with Crippen molar-refractivity contribution in [3.8, 4) is 0 Å². The molecular formula is C31H44N4O7. The van der Waals surface area contributed by atoms with E-state index in [1.54, 1.807) is 41.5 Å². The molecule has 2 aromatic carbocycles. The molecule has 0 saturated heterocycles. The van der Waals surface area contributed by atoms with Crippen LogP contribution in [0.2, 0.25) is 0 Å². The Morgan fingerprint density at radius 2 is 1.07 bits per heavy atom. The highest BCUT2D eigenvalue weighted by Crippen LogP contribution is 2.10. The van der Waals surface area contributed by atoms with E-state index in [4.69, 9.17) is 9.47 Å². The summed E-state index contributed by atoms with van der Waals surface area (Å²) >= 11 is 0. The largest absolute Gasteiger partial charge is 0.444 e. The third kappa shape index (κ3) is 13.5. The Morgan fingerprint density at radius 1 is 0.667 bits per heavy atom. The van der Waals surface area contributed by atoms with Gasteiger partial charge in [-0.2, -0.15) is 0 Å². The van der Waals surface area contributed by atoms with Crippen molar-refractivity contribution in [2.24, 2.45) is 0 Å². The summed E-state index contributed by atoms with van der Waals surface area (Å²) in [6.45, 7) is 9.68. The Hall–Kier alpha value is -4.12. The zero-order valence-corrected chi connectivity index (χ0v) is 25.2. The minimum Gasteiger partial charge on any atom is -0.444 e. The van der Waals surface area contributed by atoms with Crippen molar-refractivity contribution >= 4 is 24.0 Å². The second-order valence-electron chi connectivity index (χ2n) is 11.9. The van der Waals surface area contributed by atoms with E-state index in [2.05, 4.69) is 21.3 Å². The highest BCUT2D eigenvalue weighted by atomic mass is 16.6. The van der Waals surface area contributed by atoms with Gasteiger partial charge < -0.3 is 35.8 Å². The Kier molecular flexibility index (Phi) is 12.8. The molecule has 0 saturated carbocycles. The lowest BCUT2D eigenvalue weighted by Crippen LogP contribution is -2.56. The lowest BCUT2D eigenvalue weighted by atomic mass is 10.0. The Bertz CT molecular complexity index is 1160. The summed E-state index contributed by atoms with van der Waals surface area (Å²) in [5.74, 6) is -1.09. The molecule has 2 rings (SSSR count). The molecule has 4 amide bonds. The third-order valence-corrected chi connectivity index (χ3v) is 5.67. The Labute approximate surface area is 247 Å². The van der Waals surface area contributed by atoms with E-state index in [9.17, 15) is 24.3 Å². The molecule has 0 aliphatic rings. The van der Waals surface area contributed by atoms with Crippen LogP contribution in [0.4, 0.5) is 9.59 Å². The first-order chi connectivity index (χ1) is 19.6. The zero-order valence-electron chi connectivity index (χ0n) is 25.2. The van der Waals surface area contributed by atoms with Crippen LogP contribution in [0, 0.1) is 0 Å². The first kappa shape index (κ1) is 34.1. The van der Waals surface area contributed by atoms with Gasteiger partial charge in [0.2, 0.25) is 11.8 Å². The third-order valence-electron chi connectivity index (χ3n) is 5.67. The number of hydrogen-bond acceptors (Lipinski definition) is 7. The van der Waals surface area contributed by atoms with Crippen molar-refractivity contribution in [1.82, 2.24) is 21.3 Å². The van der Waals surface area contributed by atoms with Crippen LogP contribution in [0.5, 0.6) is 0 Å². The maximum atomic E-state index is 13.2. The second-order valence-corrected chi connectivity index (χ2v) is 11.9. The van der Waals surface area contributed by atoms with Crippen molar-refractivity contribution in [2.45, 2.75) is 83.7 Å². The molecular weight excluding hydrogens is 540 g/mol. The standard InChI is InChI=1S/C31H44N4O7/c1-30(2,3)41-28(39)34-24(17-21-13-9-7-10-14-21)26(37)32-19-23(20-36)33-27(38)25(18-22-15-11-8-12-16-22)35-29(40)42-31(4,5)6/h7-16,23-25,36H,17-20H2,1-6H3,(H,32,37)(H,33,38)(H,34,39)(H,35,40)/t23-,24-,25-/m0/s1. The van der Waals surface area contributed by atoms with E-state index < -0.39 is 59.9 Å². The zero-order chi connectivity index (χ0) is 31.3. The van der Waals surface area contributed by atoms with Gasteiger partial charge in [0.15, 0.2) is 0 Å². The lowest BCUT2D eigenvalue weighted by molar-refractivity contribution is -0.126. The molecule has 0 fully saturated rings. The molecule has 0 aliphatic heterocycles. The Morgan fingerprint density at radius 3 is 1.45 bits per heavy atom. The normalized spacial score (nSPS) is 13.6. The van der Waals surface area contributed by atoms with Crippen LogP contribution >= 0.6 is 0 Å². The average Bonchev–Trinajstić information content (AvgIpc) is 2.89. The van der Waals surface area contributed by atoms with E-state index >= 15 is 0 Å². The molecule has 11 nitrogen and oxygen atoms in total. The first-order valence-corrected chi connectivity index (χ1v) is 13.9. The summed E-state index contributed by atoms with van der Waals surface area (Å²) in [5.41, 5.74) is 0.102. The molecule has 0 bridgehead atoms. The van der Waals surface area contributed by atoms with Crippen molar-refractivity contribution in [2.75, 3.05) is 13.2 Å². The highest BCUT2D eigenvalue weighted by Gasteiger charge is 2.28. The Balaban J connectivity index is 2.09. The van der Waals surface area contributed by atoms with Crippen LogP contribution in [0.1, 0.15) is 52.7 Å². The summed E-state index contributed by atoms with van der Waals surface area (Å²) in [4.78, 5) is 51.3. The molecule has 5 N–H and O–H groups in total. The number of amides is 4. The van der Waals surface area contributed by atoms with Crippen molar-refractivity contribution in [3.05, 3.63) is 71.8 Å². The number of carbonyl (C=O) groups excluding carboxylic acids is 4. The van der Waals surface area contributed by atoms with Crippen LogP contribution < -0.4 is 21.3 Å². The van der Waals surface area contributed by atoms with E-state index in [-0.39, 0.29) is 19.4 Å². The number of benzene rings is 2. The van der Waals surface area contributed by atoms with Gasteiger partial charge in [-0.3, -0.25) is 9.59 Å². The molecule has 2 aromatic rings. The van der Waals surface area contributed by atoms with Crippen LogP contribution in [-0.2, 0) is 31.9 Å². The van der Waals surface area contributed by atoms with Crippen LogP contribution in [0.25, 0.3) is 0 Å². The maximum Gasteiger partial charge on any atom is 0.408 e. The number of rotatable bonds is 12. The molecule has 0 heterocycles. The van der Waals surface area contributed by atoms with Crippen LogP contribution in [-0.4, -0.2) is 71.6 Å². The fourth-order valence-electron chi connectivity index (χ4n) is 3.83. The van der Waals surface area contributed by atoms with E-state index in [0.717, 1.165) is 11.1 Å². The maximum absolute atomic E-state index is 13.2. The van der Waals surface area contributed by atoms with Crippen molar-refractivity contribution in [3.63, 3.8) is 0 Å². The monoisotopic (exact) mass is 584 g/mol. The van der Waals surface area contributed by atoms with E-state index in [0.29, 0.717) is 0 Å². The summed E-state index contributed by atoms with van der Waals surface area (Å²) in [6, 6.07) is 15.4. The lowest BCUT2D eigenvalue weighted by Gasteiger charge is -2.26. The van der Waals surface area contributed by atoms with Crippen LogP contribution in [0.15, 0.2) is 60.7 Å². The minimum atomic E-state index is -1.01. The predicted molar refractivity (Wildman–Crippen MR) is 159 cm³/mol. The van der Waals surface area contributed by atoms with Gasteiger partial charge in [-0.1, -0.05) is 60.7 Å². The van der Waals surface area contributed by atoms with Crippen molar-refractivity contribution < 1.29 is 33.8 Å². The fraction of sp³-hybridized carbons (Fsp3) is 0.484. The second kappa shape index (κ2) is 15.8. The molecule has 0 aliphatic carbocycles. The molecule has 0 aromatic heterocycles.